The molecule has 0 heterocycles. The number of hydrogen-bond acceptors (Lipinski definition) is 0. The third kappa shape index (κ3) is 3.09. The lowest BCUT2D eigenvalue weighted by molar-refractivity contribution is 0.225. The molecule has 0 saturated heterocycles. The Morgan fingerprint density at radius 2 is 1.61 bits per heavy atom. The van der Waals surface area contributed by atoms with Crippen LogP contribution in [0, 0.1) is 5.41 Å². The van der Waals surface area contributed by atoms with Crippen molar-refractivity contribution in [1.82, 2.24) is 0 Å². The maximum atomic E-state index is 6.10. The summed E-state index contributed by atoms with van der Waals surface area (Å²) in [4.78, 5) is 0. The minimum Gasteiger partial charge on any atom is -0.122 e. The zero-order valence-corrected chi connectivity index (χ0v) is 13.5. The summed E-state index contributed by atoms with van der Waals surface area (Å²) in [6, 6.07) is 6.86. The Balaban J connectivity index is 3.20. The van der Waals surface area contributed by atoms with E-state index in [1.54, 1.807) is 0 Å². The molecule has 0 amide bonds. The minimum absolute atomic E-state index is 0.151. The molecule has 0 spiro atoms. The summed E-state index contributed by atoms with van der Waals surface area (Å²) in [6.45, 7) is 13.7. The molecule has 1 heteroatoms. The molecule has 1 aromatic carbocycles. The van der Waals surface area contributed by atoms with E-state index in [2.05, 4.69) is 59.7 Å². The van der Waals surface area contributed by atoms with Crippen molar-refractivity contribution in [2.24, 2.45) is 5.41 Å². The number of alkyl halides is 1. The highest BCUT2D eigenvalue weighted by Gasteiger charge is 2.34. The molecule has 0 N–H and O–H groups in total. The fourth-order valence-electron chi connectivity index (χ4n) is 2.09. The van der Waals surface area contributed by atoms with Gasteiger partial charge >= 0.3 is 0 Å². The number of rotatable bonds is 4. The Morgan fingerprint density at radius 1 is 1.00 bits per heavy atom. The van der Waals surface area contributed by atoms with Crippen LogP contribution in [0.5, 0.6) is 0 Å². The van der Waals surface area contributed by atoms with E-state index in [-0.39, 0.29) is 10.8 Å². The van der Waals surface area contributed by atoms with E-state index in [9.17, 15) is 0 Å². The van der Waals surface area contributed by atoms with Gasteiger partial charge in [-0.2, -0.15) is 0 Å². The van der Waals surface area contributed by atoms with Gasteiger partial charge in [0.25, 0.3) is 0 Å². The molecule has 1 aromatic rings. The molecule has 0 aliphatic rings. The first-order valence-corrected chi connectivity index (χ1v) is 7.45. The van der Waals surface area contributed by atoms with E-state index in [0.29, 0.717) is 5.88 Å². The minimum atomic E-state index is 0.151. The lowest BCUT2D eigenvalue weighted by atomic mass is 9.65. The molecule has 102 valence electrons. The molecular weight excluding hydrogens is 240 g/mol. The van der Waals surface area contributed by atoms with Gasteiger partial charge in [0.15, 0.2) is 0 Å². The van der Waals surface area contributed by atoms with Gasteiger partial charge in [-0.25, -0.2) is 0 Å². The number of halogens is 1. The topological polar surface area (TPSA) is 0 Å². The van der Waals surface area contributed by atoms with E-state index in [1.807, 2.05) is 0 Å². The zero-order valence-electron chi connectivity index (χ0n) is 12.7. The van der Waals surface area contributed by atoms with Gasteiger partial charge in [0, 0.05) is 5.88 Å². The maximum Gasteiger partial charge on any atom is 0.0476 e. The molecule has 0 fully saturated rings. The highest BCUT2D eigenvalue weighted by atomic mass is 35.5. The molecule has 0 nitrogen and oxygen atoms in total. The van der Waals surface area contributed by atoms with E-state index in [4.69, 9.17) is 11.6 Å². The lowest BCUT2D eigenvalue weighted by Crippen LogP contribution is -2.34. The van der Waals surface area contributed by atoms with Crippen LogP contribution in [0.15, 0.2) is 18.2 Å². The molecule has 0 bridgehead atoms. The summed E-state index contributed by atoms with van der Waals surface area (Å²) >= 11 is 6.10. The van der Waals surface area contributed by atoms with Crippen molar-refractivity contribution in [2.45, 2.75) is 65.7 Å². The third-order valence-corrected chi connectivity index (χ3v) is 4.75. The monoisotopic (exact) mass is 266 g/mol. The Bertz CT molecular complexity index is 397. The van der Waals surface area contributed by atoms with Crippen LogP contribution in [0.2, 0.25) is 0 Å². The predicted molar refractivity (Wildman–Crippen MR) is 82.5 cm³/mol. The lowest BCUT2D eigenvalue weighted by Gasteiger charge is -2.39. The number of hydrogen-bond donors (Lipinski definition) is 0. The Hall–Kier alpha value is -0.490. The normalized spacial score (nSPS) is 12.8. The summed E-state index contributed by atoms with van der Waals surface area (Å²) < 4.78 is 0. The summed E-state index contributed by atoms with van der Waals surface area (Å²) in [5, 5.41) is 0. The van der Waals surface area contributed by atoms with Gasteiger partial charge in [0.05, 0.1) is 0 Å². The van der Waals surface area contributed by atoms with Crippen LogP contribution in [0.25, 0.3) is 0 Å². The van der Waals surface area contributed by atoms with Crippen LogP contribution >= 0.6 is 11.6 Å². The molecule has 1 rings (SSSR count). The fraction of sp³-hybridized carbons (Fsp3) is 0.647. The predicted octanol–water partition coefficient (Wildman–Crippen LogP) is 5.70. The summed E-state index contributed by atoms with van der Waals surface area (Å²) in [5.41, 5.74) is 4.49. The van der Waals surface area contributed by atoms with Gasteiger partial charge in [0.2, 0.25) is 0 Å². The van der Waals surface area contributed by atoms with E-state index in [1.165, 1.54) is 23.1 Å². The zero-order chi connectivity index (χ0) is 14.0. The Labute approximate surface area is 118 Å². The van der Waals surface area contributed by atoms with E-state index < -0.39 is 0 Å². The second-order valence-electron chi connectivity index (χ2n) is 6.74. The molecule has 0 aliphatic carbocycles. The quantitative estimate of drug-likeness (QED) is 0.613. The molecule has 0 aliphatic heterocycles. The molecule has 0 radical (unpaired) electrons. The van der Waals surface area contributed by atoms with Crippen molar-refractivity contribution < 1.29 is 0 Å². The highest BCUT2D eigenvalue weighted by molar-refractivity contribution is 6.17. The first kappa shape index (κ1) is 15.6. The summed E-state index contributed by atoms with van der Waals surface area (Å²) in [7, 11) is 0. The van der Waals surface area contributed by atoms with Gasteiger partial charge in [-0.15, -0.1) is 11.6 Å². The largest absolute Gasteiger partial charge is 0.122 e. The van der Waals surface area contributed by atoms with Crippen molar-refractivity contribution in [3.63, 3.8) is 0 Å². The summed E-state index contributed by atoms with van der Waals surface area (Å²) in [5.74, 6) is 0.614. The molecule has 0 unspecified atom stereocenters. The molecular formula is C17H27Cl. The van der Waals surface area contributed by atoms with Gasteiger partial charge in [-0.1, -0.05) is 66.2 Å². The highest BCUT2D eigenvalue weighted by Crippen LogP contribution is 2.41. The van der Waals surface area contributed by atoms with Crippen LogP contribution in [-0.2, 0) is 17.7 Å². The Kier molecular flexibility index (Phi) is 4.89. The first-order chi connectivity index (χ1) is 8.24. The van der Waals surface area contributed by atoms with Crippen LogP contribution in [-0.4, -0.2) is 0 Å². The van der Waals surface area contributed by atoms with Gasteiger partial charge in [0.1, 0.15) is 0 Å². The van der Waals surface area contributed by atoms with Crippen LogP contribution in [0.3, 0.4) is 0 Å². The van der Waals surface area contributed by atoms with Crippen molar-refractivity contribution in [3.05, 3.63) is 34.9 Å². The molecule has 0 atom stereocenters. The summed E-state index contributed by atoms with van der Waals surface area (Å²) in [6.07, 6.45) is 2.30. The fourth-order valence-corrected chi connectivity index (χ4v) is 2.33. The van der Waals surface area contributed by atoms with Crippen molar-refractivity contribution in [3.8, 4) is 0 Å². The van der Waals surface area contributed by atoms with E-state index >= 15 is 0 Å². The second kappa shape index (κ2) is 5.65. The molecule has 18 heavy (non-hydrogen) atoms. The average Bonchev–Trinajstić information content (AvgIpc) is 2.28. The second-order valence-corrected chi connectivity index (χ2v) is 7.01. The first-order valence-electron chi connectivity index (χ1n) is 6.92. The van der Waals surface area contributed by atoms with Gasteiger partial charge in [-0.3, -0.25) is 0 Å². The number of benzene rings is 1. The number of aryl methyl sites for hydroxylation is 1. The standard InChI is InChI=1S/C17H27Cl/c1-7-8-13-9-10-15(11-14(13)12-18)17(5,6)16(2,3)4/h9-11H,7-8,12H2,1-6H3. The van der Waals surface area contributed by atoms with E-state index in [0.717, 1.165) is 6.42 Å². The SMILES string of the molecule is CCCc1ccc(C(C)(C)C(C)(C)C)cc1CCl. The van der Waals surface area contributed by atoms with Gasteiger partial charge in [-0.05, 0) is 33.9 Å². The van der Waals surface area contributed by atoms with Crippen molar-refractivity contribution >= 4 is 11.6 Å². The molecule has 0 saturated carbocycles. The smallest absolute Gasteiger partial charge is 0.0476 e. The van der Waals surface area contributed by atoms with Crippen LogP contribution in [0.1, 0.15) is 64.7 Å². The van der Waals surface area contributed by atoms with Crippen LogP contribution in [0.4, 0.5) is 0 Å². The van der Waals surface area contributed by atoms with Crippen molar-refractivity contribution in [1.29, 1.82) is 0 Å². The third-order valence-electron chi connectivity index (χ3n) is 4.47. The van der Waals surface area contributed by atoms with Crippen molar-refractivity contribution in [2.75, 3.05) is 0 Å². The maximum absolute atomic E-state index is 6.10. The average molecular weight is 267 g/mol. The molecule has 0 aromatic heterocycles. The van der Waals surface area contributed by atoms with Crippen LogP contribution < -0.4 is 0 Å². The Morgan fingerprint density at radius 3 is 2.06 bits per heavy atom. The van der Waals surface area contributed by atoms with Gasteiger partial charge < -0.3 is 0 Å².